The van der Waals surface area contributed by atoms with Crippen molar-refractivity contribution in [3.05, 3.63) is 60.6 Å². The maximum absolute atomic E-state index is 4.67. The molecule has 0 radical (unpaired) electrons. The van der Waals surface area contributed by atoms with Crippen molar-refractivity contribution < 1.29 is 0 Å². The fourth-order valence-corrected chi connectivity index (χ4v) is 3.05. The van der Waals surface area contributed by atoms with Crippen LogP contribution in [0.15, 0.2) is 49.3 Å². The molecule has 2 aromatic heterocycles. The molecule has 1 aromatic carbocycles. The van der Waals surface area contributed by atoms with Gasteiger partial charge in [-0.25, -0.2) is 0 Å². The van der Waals surface area contributed by atoms with Crippen LogP contribution in [-0.2, 0) is 13.5 Å². The second kappa shape index (κ2) is 6.64. The van der Waals surface area contributed by atoms with E-state index in [1.807, 2.05) is 13.1 Å². The molecule has 2 nitrogen and oxygen atoms in total. The van der Waals surface area contributed by atoms with Crippen LogP contribution in [0, 0.1) is 5.92 Å². The summed E-state index contributed by atoms with van der Waals surface area (Å²) in [5, 5.41) is 1.26. The minimum Gasteiger partial charge on any atom is -0.350 e. The Morgan fingerprint density at radius 3 is 2.62 bits per heavy atom. The van der Waals surface area contributed by atoms with E-state index in [0.29, 0.717) is 5.92 Å². The number of hydrogen-bond donors (Lipinski definition) is 0. The van der Waals surface area contributed by atoms with E-state index in [-0.39, 0.29) is 0 Å². The Bertz CT molecular complexity index is 867. The SMILES string of the molecule is C=C(C)c1ccc2c(-c3ccc(CCC(C)C)nc3)cn(C)c2c1. The first-order valence-electron chi connectivity index (χ1n) is 8.66. The third-order valence-corrected chi connectivity index (χ3v) is 4.60. The Hall–Kier alpha value is -2.35. The lowest BCUT2D eigenvalue weighted by Crippen LogP contribution is -1.94. The lowest BCUT2D eigenvalue weighted by Gasteiger charge is -2.05. The van der Waals surface area contributed by atoms with Crippen LogP contribution in [0.25, 0.3) is 27.6 Å². The van der Waals surface area contributed by atoms with E-state index in [2.05, 4.69) is 73.6 Å². The largest absolute Gasteiger partial charge is 0.350 e. The van der Waals surface area contributed by atoms with Crippen LogP contribution in [0.3, 0.4) is 0 Å². The quantitative estimate of drug-likeness (QED) is 0.576. The van der Waals surface area contributed by atoms with Crippen molar-refractivity contribution in [2.24, 2.45) is 13.0 Å². The highest BCUT2D eigenvalue weighted by Gasteiger charge is 2.10. The van der Waals surface area contributed by atoms with E-state index < -0.39 is 0 Å². The topological polar surface area (TPSA) is 17.8 Å². The van der Waals surface area contributed by atoms with Gasteiger partial charge in [0.15, 0.2) is 0 Å². The monoisotopic (exact) mass is 318 g/mol. The number of aryl methyl sites for hydroxylation is 2. The molecule has 24 heavy (non-hydrogen) atoms. The predicted octanol–water partition coefficient (Wildman–Crippen LogP) is 5.86. The number of benzene rings is 1. The zero-order valence-corrected chi connectivity index (χ0v) is 15.1. The van der Waals surface area contributed by atoms with Gasteiger partial charge in [0, 0.05) is 47.2 Å². The fraction of sp³-hybridized carbons (Fsp3) is 0.318. The van der Waals surface area contributed by atoms with Crippen LogP contribution in [0.4, 0.5) is 0 Å². The number of aromatic nitrogens is 2. The smallest absolute Gasteiger partial charge is 0.0490 e. The van der Waals surface area contributed by atoms with Gasteiger partial charge in [-0.1, -0.05) is 44.2 Å². The normalized spacial score (nSPS) is 11.4. The Kier molecular flexibility index (Phi) is 4.57. The summed E-state index contributed by atoms with van der Waals surface area (Å²) in [7, 11) is 2.10. The molecule has 0 aliphatic carbocycles. The van der Waals surface area contributed by atoms with Crippen molar-refractivity contribution in [2.45, 2.75) is 33.6 Å². The molecule has 0 aliphatic rings. The molecule has 2 heteroatoms. The Labute approximate surface area is 144 Å². The van der Waals surface area contributed by atoms with Gasteiger partial charge >= 0.3 is 0 Å². The van der Waals surface area contributed by atoms with E-state index in [1.165, 1.54) is 39.7 Å². The van der Waals surface area contributed by atoms with Crippen LogP contribution in [0.2, 0.25) is 0 Å². The maximum atomic E-state index is 4.67. The van der Waals surface area contributed by atoms with Gasteiger partial charge in [0.2, 0.25) is 0 Å². The minimum atomic E-state index is 0.715. The molecular weight excluding hydrogens is 292 g/mol. The summed E-state index contributed by atoms with van der Waals surface area (Å²) in [6, 6.07) is 10.9. The highest BCUT2D eigenvalue weighted by molar-refractivity contribution is 5.97. The number of rotatable bonds is 5. The zero-order valence-electron chi connectivity index (χ0n) is 15.1. The third kappa shape index (κ3) is 3.28. The first-order valence-corrected chi connectivity index (χ1v) is 8.66. The second-order valence-corrected chi connectivity index (χ2v) is 7.14. The van der Waals surface area contributed by atoms with E-state index in [4.69, 9.17) is 0 Å². The molecule has 0 saturated carbocycles. The van der Waals surface area contributed by atoms with E-state index >= 15 is 0 Å². The Morgan fingerprint density at radius 1 is 1.21 bits per heavy atom. The summed E-state index contributed by atoms with van der Waals surface area (Å²) >= 11 is 0. The molecule has 0 amide bonds. The van der Waals surface area contributed by atoms with Gasteiger partial charge in [-0.05, 0) is 43.4 Å². The number of fused-ring (bicyclic) bond motifs is 1. The molecule has 3 aromatic rings. The standard InChI is InChI=1S/C22H26N2/c1-15(2)6-9-19-10-7-18(13-23-19)21-14-24(5)22-12-17(16(3)4)8-11-20(21)22/h7-8,10-15H,3,6,9H2,1-2,4-5H3. The molecular formula is C22H26N2. The Morgan fingerprint density at radius 2 is 2.00 bits per heavy atom. The zero-order chi connectivity index (χ0) is 17.3. The van der Waals surface area contributed by atoms with Crippen LogP contribution in [0.1, 0.15) is 38.4 Å². The first-order chi connectivity index (χ1) is 11.5. The minimum absolute atomic E-state index is 0.715. The van der Waals surface area contributed by atoms with Gasteiger partial charge in [0.05, 0.1) is 0 Å². The van der Waals surface area contributed by atoms with Crippen molar-refractivity contribution in [1.82, 2.24) is 9.55 Å². The van der Waals surface area contributed by atoms with Crippen molar-refractivity contribution in [3.63, 3.8) is 0 Å². The fourth-order valence-electron chi connectivity index (χ4n) is 3.05. The summed E-state index contributed by atoms with van der Waals surface area (Å²) in [5.41, 5.74) is 7.11. The summed E-state index contributed by atoms with van der Waals surface area (Å²) in [6.07, 6.45) is 6.44. The summed E-state index contributed by atoms with van der Waals surface area (Å²) < 4.78 is 2.18. The van der Waals surface area contributed by atoms with Gasteiger partial charge < -0.3 is 4.57 Å². The van der Waals surface area contributed by atoms with Gasteiger partial charge in [-0.2, -0.15) is 0 Å². The molecule has 0 N–H and O–H groups in total. The average Bonchev–Trinajstić information content (AvgIpc) is 2.90. The van der Waals surface area contributed by atoms with E-state index in [9.17, 15) is 0 Å². The number of allylic oxidation sites excluding steroid dienone is 1. The number of pyridine rings is 1. The molecule has 0 spiro atoms. The summed E-state index contributed by atoms with van der Waals surface area (Å²) in [6.45, 7) is 10.6. The summed E-state index contributed by atoms with van der Waals surface area (Å²) in [5.74, 6) is 0.715. The van der Waals surface area contributed by atoms with E-state index in [1.54, 1.807) is 0 Å². The average molecular weight is 318 g/mol. The number of hydrogen-bond acceptors (Lipinski definition) is 1. The second-order valence-electron chi connectivity index (χ2n) is 7.14. The predicted molar refractivity (Wildman–Crippen MR) is 104 cm³/mol. The third-order valence-electron chi connectivity index (χ3n) is 4.60. The first kappa shape index (κ1) is 16.5. The van der Waals surface area contributed by atoms with Crippen LogP contribution in [0.5, 0.6) is 0 Å². The molecule has 2 heterocycles. The van der Waals surface area contributed by atoms with Crippen molar-refractivity contribution in [3.8, 4) is 11.1 Å². The van der Waals surface area contributed by atoms with E-state index in [0.717, 1.165) is 12.0 Å². The number of nitrogens with zero attached hydrogens (tertiary/aromatic N) is 2. The van der Waals surface area contributed by atoms with Gasteiger partial charge in [-0.3, -0.25) is 4.98 Å². The lowest BCUT2D eigenvalue weighted by atomic mass is 10.0. The molecule has 0 atom stereocenters. The molecule has 124 valence electrons. The molecule has 0 aliphatic heterocycles. The van der Waals surface area contributed by atoms with Crippen LogP contribution >= 0.6 is 0 Å². The van der Waals surface area contributed by atoms with Gasteiger partial charge in [0.25, 0.3) is 0 Å². The molecule has 0 unspecified atom stereocenters. The summed E-state index contributed by atoms with van der Waals surface area (Å²) in [4.78, 5) is 4.67. The van der Waals surface area contributed by atoms with Gasteiger partial charge in [-0.15, -0.1) is 0 Å². The Balaban J connectivity index is 1.96. The molecule has 0 fully saturated rings. The molecule has 0 bridgehead atoms. The molecule has 3 rings (SSSR count). The van der Waals surface area contributed by atoms with Crippen LogP contribution < -0.4 is 0 Å². The lowest BCUT2D eigenvalue weighted by molar-refractivity contribution is 0.581. The van der Waals surface area contributed by atoms with Crippen LogP contribution in [-0.4, -0.2) is 9.55 Å². The molecule has 0 saturated heterocycles. The van der Waals surface area contributed by atoms with Crippen molar-refractivity contribution in [2.75, 3.05) is 0 Å². The van der Waals surface area contributed by atoms with Crippen molar-refractivity contribution in [1.29, 1.82) is 0 Å². The highest BCUT2D eigenvalue weighted by Crippen LogP contribution is 2.31. The van der Waals surface area contributed by atoms with Crippen molar-refractivity contribution >= 4 is 16.5 Å². The van der Waals surface area contributed by atoms with Gasteiger partial charge in [0.1, 0.15) is 0 Å². The maximum Gasteiger partial charge on any atom is 0.0490 e. The highest BCUT2D eigenvalue weighted by atomic mass is 14.9.